The first kappa shape index (κ1) is 16.8. The molecule has 0 radical (unpaired) electrons. The van der Waals surface area contributed by atoms with Gasteiger partial charge in [-0.15, -0.1) is 0 Å². The van der Waals surface area contributed by atoms with Crippen LogP contribution in [-0.4, -0.2) is 31.7 Å². The highest BCUT2D eigenvalue weighted by atomic mass is 16.7. The van der Waals surface area contributed by atoms with Crippen LogP contribution in [0.15, 0.2) is 48.5 Å². The summed E-state index contributed by atoms with van der Waals surface area (Å²) in [6.45, 7) is 2.44. The zero-order valence-corrected chi connectivity index (χ0v) is 14.0. The predicted octanol–water partition coefficient (Wildman–Crippen LogP) is 2.13. The van der Waals surface area contributed by atoms with Crippen LogP contribution >= 0.6 is 0 Å². The van der Waals surface area contributed by atoms with Crippen LogP contribution in [0.3, 0.4) is 0 Å². The van der Waals surface area contributed by atoms with Gasteiger partial charge in [0, 0.05) is 31.8 Å². The first-order valence-electron chi connectivity index (χ1n) is 8.12. The van der Waals surface area contributed by atoms with E-state index in [0.29, 0.717) is 36.7 Å². The molecule has 3 rings (SSSR count). The number of amides is 2. The highest BCUT2D eigenvalue weighted by Crippen LogP contribution is 2.35. The van der Waals surface area contributed by atoms with E-state index < -0.39 is 0 Å². The molecule has 0 atom stereocenters. The van der Waals surface area contributed by atoms with Gasteiger partial charge in [0.15, 0.2) is 11.5 Å². The Bertz CT molecular complexity index is 761. The fraction of sp³-hybridized carbons (Fsp3) is 0.263. The summed E-state index contributed by atoms with van der Waals surface area (Å²) >= 11 is 0. The number of hydrogen-bond donors (Lipinski definition) is 1. The molecule has 0 unspecified atom stereocenters. The Hall–Kier alpha value is -3.02. The zero-order chi connectivity index (χ0) is 17.6. The van der Waals surface area contributed by atoms with Crippen LogP contribution in [0.4, 0.5) is 5.69 Å². The molecule has 1 heterocycles. The molecule has 0 bridgehead atoms. The van der Waals surface area contributed by atoms with Crippen LogP contribution in [0.5, 0.6) is 11.5 Å². The lowest BCUT2D eigenvalue weighted by molar-refractivity contribution is -0.121. The molecule has 0 fully saturated rings. The molecule has 0 spiro atoms. The summed E-state index contributed by atoms with van der Waals surface area (Å²) < 4.78 is 10.6. The molecule has 1 aliphatic rings. The predicted molar refractivity (Wildman–Crippen MR) is 93.7 cm³/mol. The summed E-state index contributed by atoms with van der Waals surface area (Å²) in [5, 5.41) is 2.85. The van der Waals surface area contributed by atoms with Gasteiger partial charge in [-0.3, -0.25) is 9.59 Å². The lowest BCUT2D eigenvalue weighted by atomic mass is 10.1. The maximum atomic E-state index is 12.0. The van der Waals surface area contributed by atoms with Gasteiger partial charge in [-0.2, -0.15) is 0 Å². The highest BCUT2D eigenvalue weighted by Gasteiger charge is 2.18. The molecule has 130 valence electrons. The molecule has 0 saturated heterocycles. The fourth-order valence-corrected chi connectivity index (χ4v) is 2.67. The van der Waals surface area contributed by atoms with Gasteiger partial charge >= 0.3 is 0 Å². The van der Waals surface area contributed by atoms with E-state index in [4.69, 9.17) is 9.47 Å². The van der Waals surface area contributed by atoms with Gasteiger partial charge in [-0.25, -0.2) is 0 Å². The topological polar surface area (TPSA) is 67.9 Å². The number of hydrogen-bond acceptors (Lipinski definition) is 4. The van der Waals surface area contributed by atoms with Crippen molar-refractivity contribution in [2.75, 3.05) is 24.8 Å². The number of fused-ring (bicyclic) bond motifs is 1. The third kappa shape index (κ3) is 4.29. The number of carbonyl (C=O) groups excluding carboxylic acids is 2. The number of benzene rings is 2. The fourth-order valence-electron chi connectivity index (χ4n) is 2.67. The Morgan fingerprint density at radius 3 is 2.60 bits per heavy atom. The van der Waals surface area contributed by atoms with Gasteiger partial charge in [0.05, 0.1) is 6.42 Å². The Morgan fingerprint density at radius 1 is 1.08 bits per heavy atom. The molecular formula is C19H20N2O4. The normalized spacial score (nSPS) is 11.9. The van der Waals surface area contributed by atoms with Crippen molar-refractivity contribution in [3.05, 3.63) is 54.1 Å². The number of nitrogens with one attached hydrogen (secondary N) is 1. The lowest BCUT2D eigenvalue weighted by Crippen LogP contribution is -2.38. The SMILES string of the molecule is CC(=O)N(CCNC(=O)Cc1ccccc1)c1ccc2c(c1)OCO2. The summed E-state index contributed by atoms with van der Waals surface area (Å²) in [4.78, 5) is 25.6. The van der Waals surface area contributed by atoms with Crippen LogP contribution in [0.2, 0.25) is 0 Å². The summed E-state index contributed by atoms with van der Waals surface area (Å²) in [5.74, 6) is 1.12. The molecule has 0 aliphatic carbocycles. The number of ether oxygens (including phenoxy) is 2. The van der Waals surface area contributed by atoms with Crippen molar-refractivity contribution < 1.29 is 19.1 Å². The summed E-state index contributed by atoms with van der Waals surface area (Å²) in [5.41, 5.74) is 1.67. The first-order valence-corrected chi connectivity index (χ1v) is 8.12. The minimum Gasteiger partial charge on any atom is -0.454 e. The molecule has 0 aromatic heterocycles. The van der Waals surface area contributed by atoms with Crippen LogP contribution in [-0.2, 0) is 16.0 Å². The van der Waals surface area contributed by atoms with E-state index in [1.54, 1.807) is 23.1 Å². The highest BCUT2D eigenvalue weighted by molar-refractivity contribution is 5.92. The van der Waals surface area contributed by atoms with E-state index in [1.807, 2.05) is 30.3 Å². The molecule has 2 aromatic rings. The Kier molecular flexibility index (Phi) is 5.18. The summed E-state index contributed by atoms with van der Waals surface area (Å²) in [6, 6.07) is 14.9. The number of rotatable bonds is 6. The Morgan fingerprint density at radius 2 is 1.84 bits per heavy atom. The van der Waals surface area contributed by atoms with Gasteiger partial charge in [0.2, 0.25) is 18.6 Å². The third-order valence-electron chi connectivity index (χ3n) is 3.91. The van der Waals surface area contributed by atoms with Crippen LogP contribution < -0.4 is 19.7 Å². The minimum atomic E-state index is -0.101. The Balaban J connectivity index is 1.56. The van der Waals surface area contributed by atoms with Crippen LogP contribution in [0.1, 0.15) is 12.5 Å². The monoisotopic (exact) mass is 340 g/mol. The average molecular weight is 340 g/mol. The molecular weight excluding hydrogens is 320 g/mol. The molecule has 2 amide bonds. The standard InChI is InChI=1S/C19H20N2O4/c1-14(22)21(16-7-8-17-18(12-16)25-13-24-17)10-9-20-19(23)11-15-5-3-2-4-6-15/h2-8,12H,9-11,13H2,1H3,(H,20,23). The maximum Gasteiger partial charge on any atom is 0.231 e. The quantitative estimate of drug-likeness (QED) is 0.875. The average Bonchev–Trinajstić information content (AvgIpc) is 3.07. The van der Waals surface area contributed by atoms with E-state index in [1.165, 1.54) is 6.92 Å². The smallest absolute Gasteiger partial charge is 0.231 e. The van der Waals surface area contributed by atoms with E-state index in [0.717, 1.165) is 5.56 Å². The van der Waals surface area contributed by atoms with Crippen molar-refractivity contribution in [1.82, 2.24) is 5.32 Å². The molecule has 1 aliphatic heterocycles. The van der Waals surface area contributed by atoms with Gasteiger partial charge < -0.3 is 19.7 Å². The maximum absolute atomic E-state index is 12.0. The summed E-state index contributed by atoms with van der Waals surface area (Å²) in [7, 11) is 0. The number of carbonyl (C=O) groups is 2. The molecule has 2 aromatic carbocycles. The molecule has 6 nitrogen and oxygen atoms in total. The Labute approximate surface area is 146 Å². The van der Waals surface area contributed by atoms with Gasteiger partial charge in [0.1, 0.15) is 0 Å². The number of nitrogens with zero attached hydrogens (tertiary/aromatic N) is 1. The van der Waals surface area contributed by atoms with Gasteiger partial charge in [0.25, 0.3) is 0 Å². The largest absolute Gasteiger partial charge is 0.454 e. The van der Waals surface area contributed by atoms with Crippen molar-refractivity contribution in [2.24, 2.45) is 0 Å². The van der Waals surface area contributed by atoms with Gasteiger partial charge in [-0.05, 0) is 17.7 Å². The van der Waals surface area contributed by atoms with Crippen LogP contribution in [0, 0.1) is 0 Å². The second kappa shape index (κ2) is 7.70. The summed E-state index contributed by atoms with van der Waals surface area (Å²) in [6.07, 6.45) is 0.324. The lowest BCUT2D eigenvalue weighted by Gasteiger charge is -2.21. The van der Waals surface area contributed by atoms with Crippen molar-refractivity contribution in [2.45, 2.75) is 13.3 Å². The van der Waals surface area contributed by atoms with Crippen molar-refractivity contribution in [3.63, 3.8) is 0 Å². The van der Waals surface area contributed by atoms with E-state index in [2.05, 4.69) is 5.32 Å². The van der Waals surface area contributed by atoms with E-state index in [-0.39, 0.29) is 18.6 Å². The molecule has 1 N–H and O–H groups in total. The minimum absolute atomic E-state index is 0.0691. The van der Waals surface area contributed by atoms with Gasteiger partial charge in [-0.1, -0.05) is 30.3 Å². The third-order valence-corrected chi connectivity index (χ3v) is 3.91. The van der Waals surface area contributed by atoms with Crippen LogP contribution in [0.25, 0.3) is 0 Å². The van der Waals surface area contributed by atoms with Crippen molar-refractivity contribution >= 4 is 17.5 Å². The number of anilines is 1. The second-order valence-corrected chi connectivity index (χ2v) is 5.72. The first-order chi connectivity index (χ1) is 12.1. The van der Waals surface area contributed by atoms with Crippen molar-refractivity contribution in [1.29, 1.82) is 0 Å². The second-order valence-electron chi connectivity index (χ2n) is 5.72. The molecule has 6 heteroatoms. The zero-order valence-electron chi connectivity index (χ0n) is 14.0. The van der Waals surface area contributed by atoms with E-state index >= 15 is 0 Å². The van der Waals surface area contributed by atoms with E-state index in [9.17, 15) is 9.59 Å². The molecule has 0 saturated carbocycles. The van der Waals surface area contributed by atoms with Crippen molar-refractivity contribution in [3.8, 4) is 11.5 Å². The molecule has 25 heavy (non-hydrogen) atoms.